The lowest BCUT2D eigenvalue weighted by Crippen LogP contribution is -2.22. The molecule has 0 bridgehead atoms. The highest BCUT2D eigenvalue weighted by atomic mass is 16.1. The van der Waals surface area contributed by atoms with Crippen LogP contribution in [0.5, 0.6) is 0 Å². The second kappa shape index (κ2) is 4.04. The third-order valence-electron chi connectivity index (χ3n) is 3.51. The number of carbonyl (C=O) groups is 1. The highest BCUT2D eigenvalue weighted by molar-refractivity contribution is 5.98. The first-order valence-electron chi connectivity index (χ1n) is 6.13. The van der Waals surface area contributed by atoms with Gasteiger partial charge >= 0.3 is 0 Å². The van der Waals surface area contributed by atoms with Gasteiger partial charge in [-0.25, -0.2) is 0 Å². The first-order valence-corrected chi connectivity index (χ1v) is 6.13. The van der Waals surface area contributed by atoms with Crippen LogP contribution in [-0.2, 0) is 5.41 Å². The predicted octanol–water partition coefficient (Wildman–Crippen LogP) is 3.97. The molecule has 0 heterocycles. The van der Waals surface area contributed by atoms with E-state index in [9.17, 15) is 4.79 Å². The summed E-state index contributed by atoms with van der Waals surface area (Å²) in [5.41, 5.74) is 2.34. The Bertz CT molecular complexity index is 377. The van der Waals surface area contributed by atoms with E-state index in [2.05, 4.69) is 32.9 Å². The summed E-state index contributed by atoms with van der Waals surface area (Å²) in [6.07, 6.45) is 3.39. The molecule has 1 nitrogen and oxygen atoms in total. The van der Waals surface area contributed by atoms with Gasteiger partial charge in [0.05, 0.1) is 0 Å². The summed E-state index contributed by atoms with van der Waals surface area (Å²) >= 11 is 0. The van der Waals surface area contributed by atoms with Crippen LogP contribution < -0.4 is 0 Å². The highest BCUT2D eigenvalue weighted by Crippen LogP contribution is 2.30. The van der Waals surface area contributed by atoms with Crippen LogP contribution in [0.1, 0.15) is 56.0 Å². The maximum Gasteiger partial charge on any atom is 0.165 e. The molecule has 1 aliphatic rings. The van der Waals surface area contributed by atoms with E-state index in [1.54, 1.807) is 0 Å². The van der Waals surface area contributed by atoms with Gasteiger partial charge in [0.25, 0.3) is 0 Å². The average Bonchev–Trinajstić information content (AvgIpc) is 2.14. The van der Waals surface area contributed by atoms with Gasteiger partial charge in [0.2, 0.25) is 0 Å². The first kappa shape index (κ1) is 11.4. The molecule has 0 amide bonds. The zero-order valence-corrected chi connectivity index (χ0v) is 10.4. The third-order valence-corrected chi connectivity index (χ3v) is 3.51. The monoisotopic (exact) mass is 216 g/mol. The SMILES string of the molecule is CC(C)(C)c1ccc(C(=O)C2CCC2)cc1. The van der Waals surface area contributed by atoms with Crippen molar-refractivity contribution in [2.75, 3.05) is 0 Å². The Labute approximate surface area is 97.9 Å². The number of rotatable bonds is 2. The maximum absolute atomic E-state index is 12.0. The van der Waals surface area contributed by atoms with Gasteiger partial charge in [0.1, 0.15) is 0 Å². The predicted molar refractivity (Wildman–Crippen MR) is 66.8 cm³/mol. The first-order chi connectivity index (χ1) is 7.48. The van der Waals surface area contributed by atoms with E-state index in [-0.39, 0.29) is 5.41 Å². The Morgan fingerprint density at radius 1 is 1.12 bits per heavy atom. The number of hydrogen-bond acceptors (Lipinski definition) is 1. The Hall–Kier alpha value is -1.11. The van der Waals surface area contributed by atoms with Gasteiger partial charge in [-0.3, -0.25) is 4.79 Å². The molecular formula is C15H20O. The van der Waals surface area contributed by atoms with Gasteiger partial charge in [-0.05, 0) is 23.8 Å². The minimum Gasteiger partial charge on any atom is -0.294 e. The van der Waals surface area contributed by atoms with Crippen LogP contribution in [0.15, 0.2) is 24.3 Å². The summed E-state index contributed by atoms with van der Waals surface area (Å²) in [7, 11) is 0. The second-order valence-electron chi connectivity index (χ2n) is 5.82. The molecule has 1 aromatic rings. The Balaban J connectivity index is 2.15. The molecule has 0 N–H and O–H groups in total. The molecule has 16 heavy (non-hydrogen) atoms. The van der Waals surface area contributed by atoms with Crippen LogP contribution in [-0.4, -0.2) is 5.78 Å². The number of Topliss-reactive ketones (excluding diaryl/α,β-unsaturated/α-hetero) is 1. The van der Waals surface area contributed by atoms with Crippen molar-refractivity contribution in [1.29, 1.82) is 0 Å². The summed E-state index contributed by atoms with van der Waals surface area (Å²) in [5, 5.41) is 0. The van der Waals surface area contributed by atoms with Crippen molar-refractivity contribution in [1.82, 2.24) is 0 Å². The summed E-state index contributed by atoms with van der Waals surface area (Å²) in [4.78, 5) is 12.0. The van der Waals surface area contributed by atoms with Crippen molar-refractivity contribution in [3.8, 4) is 0 Å². The topological polar surface area (TPSA) is 17.1 Å². The van der Waals surface area contributed by atoms with Crippen molar-refractivity contribution >= 4 is 5.78 Å². The van der Waals surface area contributed by atoms with E-state index in [0.29, 0.717) is 11.7 Å². The van der Waals surface area contributed by atoms with E-state index in [1.165, 1.54) is 12.0 Å². The minimum absolute atomic E-state index is 0.165. The van der Waals surface area contributed by atoms with Crippen molar-refractivity contribution in [3.63, 3.8) is 0 Å². The van der Waals surface area contributed by atoms with Gasteiger partial charge in [0.15, 0.2) is 5.78 Å². The lowest BCUT2D eigenvalue weighted by atomic mass is 9.79. The number of hydrogen-bond donors (Lipinski definition) is 0. The van der Waals surface area contributed by atoms with Crippen molar-refractivity contribution in [3.05, 3.63) is 35.4 Å². The Kier molecular flexibility index (Phi) is 2.88. The largest absolute Gasteiger partial charge is 0.294 e. The standard InChI is InChI=1S/C15H20O/c1-15(2,3)13-9-7-12(8-10-13)14(16)11-5-4-6-11/h7-11H,4-6H2,1-3H3. The van der Waals surface area contributed by atoms with E-state index >= 15 is 0 Å². The van der Waals surface area contributed by atoms with Crippen molar-refractivity contribution in [2.45, 2.75) is 45.4 Å². The van der Waals surface area contributed by atoms with Gasteiger partial charge in [-0.2, -0.15) is 0 Å². The van der Waals surface area contributed by atoms with Crippen LogP contribution >= 0.6 is 0 Å². The van der Waals surface area contributed by atoms with Crippen LogP contribution in [0.3, 0.4) is 0 Å². The second-order valence-corrected chi connectivity index (χ2v) is 5.82. The highest BCUT2D eigenvalue weighted by Gasteiger charge is 2.26. The van der Waals surface area contributed by atoms with Crippen molar-refractivity contribution in [2.24, 2.45) is 5.92 Å². The van der Waals surface area contributed by atoms with Gasteiger partial charge in [-0.15, -0.1) is 0 Å². The van der Waals surface area contributed by atoms with Gasteiger partial charge in [0, 0.05) is 11.5 Å². The summed E-state index contributed by atoms with van der Waals surface area (Å²) in [5.74, 6) is 0.646. The Morgan fingerprint density at radius 3 is 2.06 bits per heavy atom. The molecule has 0 spiro atoms. The maximum atomic E-state index is 12.0. The van der Waals surface area contributed by atoms with Crippen LogP contribution in [0.2, 0.25) is 0 Å². The van der Waals surface area contributed by atoms with Crippen LogP contribution in [0.4, 0.5) is 0 Å². The molecule has 2 rings (SSSR count). The normalized spacial score (nSPS) is 16.9. The quantitative estimate of drug-likeness (QED) is 0.684. The smallest absolute Gasteiger partial charge is 0.165 e. The molecule has 0 radical (unpaired) electrons. The van der Waals surface area contributed by atoms with E-state index in [4.69, 9.17) is 0 Å². The molecule has 1 fully saturated rings. The molecule has 0 unspecified atom stereocenters. The summed E-state index contributed by atoms with van der Waals surface area (Å²) in [6, 6.07) is 8.15. The Morgan fingerprint density at radius 2 is 1.69 bits per heavy atom. The molecule has 1 saturated carbocycles. The molecular weight excluding hydrogens is 196 g/mol. The van der Waals surface area contributed by atoms with Crippen molar-refractivity contribution < 1.29 is 4.79 Å². The third kappa shape index (κ3) is 2.18. The van der Waals surface area contributed by atoms with Gasteiger partial charge in [-0.1, -0.05) is 51.5 Å². The average molecular weight is 216 g/mol. The number of benzene rings is 1. The summed E-state index contributed by atoms with van der Waals surface area (Å²) in [6.45, 7) is 6.57. The molecule has 1 aliphatic carbocycles. The summed E-state index contributed by atoms with van der Waals surface area (Å²) < 4.78 is 0. The zero-order valence-electron chi connectivity index (χ0n) is 10.4. The van der Waals surface area contributed by atoms with Gasteiger partial charge < -0.3 is 0 Å². The molecule has 0 aliphatic heterocycles. The van der Waals surface area contributed by atoms with E-state index in [0.717, 1.165) is 18.4 Å². The van der Waals surface area contributed by atoms with Crippen LogP contribution in [0.25, 0.3) is 0 Å². The van der Waals surface area contributed by atoms with Crippen LogP contribution in [0, 0.1) is 5.92 Å². The number of ketones is 1. The van der Waals surface area contributed by atoms with E-state index < -0.39 is 0 Å². The fraction of sp³-hybridized carbons (Fsp3) is 0.533. The zero-order chi connectivity index (χ0) is 11.8. The minimum atomic E-state index is 0.165. The fourth-order valence-electron chi connectivity index (χ4n) is 2.04. The lowest BCUT2D eigenvalue weighted by Gasteiger charge is -2.24. The molecule has 0 atom stereocenters. The number of carbonyl (C=O) groups excluding carboxylic acids is 1. The molecule has 0 saturated heterocycles. The molecule has 0 aromatic heterocycles. The molecule has 86 valence electrons. The lowest BCUT2D eigenvalue weighted by molar-refractivity contribution is 0.0855. The van der Waals surface area contributed by atoms with E-state index in [1.807, 2.05) is 12.1 Å². The molecule has 1 heteroatoms. The fourth-order valence-corrected chi connectivity index (χ4v) is 2.04. The molecule has 1 aromatic carbocycles.